The van der Waals surface area contributed by atoms with Gasteiger partial charge in [-0.2, -0.15) is 0 Å². The van der Waals surface area contributed by atoms with Crippen LogP contribution in [-0.4, -0.2) is 10.8 Å². The highest BCUT2D eigenvalue weighted by atomic mass is 79.9. The van der Waals surface area contributed by atoms with Crippen LogP contribution in [0.15, 0.2) is 95.7 Å². The number of fused-ring (bicyclic) bond motifs is 1. The fraction of sp³-hybridized carbons (Fsp3) is 0.0833. The van der Waals surface area contributed by atoms with Crippen molar-refractivity contribution in [3.63, 3.8) is 0 Å². The van der Waals surface area contributed by atoms with E-state index in [9.17, 15) is 4.79 Å². The van der Waals surface area contributed by atoms with Crippen molar-refractivity contribution in [3.8, 4) is 0 Å². The SMILES string of the molecule is O=C(CC(Nc1ccc2ccccc2c1)c1cccnc1)c1ccc(Br)cc1. The van der Waals surface area contributed by atoms with Gasteiger partial charge in [0.2, 0.25) is 0 Å². The lowest BCUT2D eigenvalue weighted by Gasteiger charge is -2.20. The molecule has 0 radical (unpaired) electrons. The molecule has 1 heterocycles. The van der Waals surface area contributed by atoms with Crippen molar-refractivity contribution >= 4 is 38.2 Å². The van der Waals surface area contributed by atoms with Gasteiger partial charge in [-0.05, 0) is 46.7 Å². The summed E-state index contributed by atoms with van der Waals surface area (Å²) in [5, 5.41) is 5.88. The number of nitrogens with zero attached hydrogens (tertiary/aromatic N) is 1. The van der Waals surface area contributed by atoms with Gasteiger partial charge in [0.05, 0.1) is 6.04 Å². The van der Waals surface area contributed by atoms with Gasteiger partial charge in [0.15, 0.2) is 5.78 Å². The molecular formula is C24H19BrN2O. The first-order valence-electron chi connectivity index (χ1n) is 9.13. The lowest BCUT2D eigenvalue weighted by atomic mass is 9.98. The zero-order valence-corrected chi connectivity index (χ0v) is 16.8. The molecule has 0 aliphatic heterocycles. The molecule has 3 aromatic carbocycles. The standard InChI is InChI=1S/C24H19BrN2O/c25-21-10-7-18(8-11-21)24(28)15-23(20-6-3-13-26-16-20)27-22-12-9-17-4-1-2-5-19(17)14-22/h1-14,16,23,27H,15H2. The van der Waals surface area contributed by atoms with Gasteiger partial charge in [-0.15, -0.1) is 0 Å². The summed E-state index contributed by atoms with van der Waals surface area (Å²) in [7, 11) is 0. The van der Waals surface area contributed by atoms with Crippen LogP contribution in [0.3, 0.4) is 0 Å². The number of rotatable bonds is 6. The molecule has 0 spiro atoms. The number of carbonyl (C=O) groups excluding carboxylic acids is 1. The maximum atomic E-state index is 12.9. The normalized spacial score (nSPS) is 11.9. The van der Waals surface area contributed by atoms with Gasteiger partial charge in [-0.3, -0.25) is 9.78 Å². The van der Waals surface area contributed by atoms with E-state index in [-0.39, 0.29) is 11.8 Å². The van der Waals surface area contributed by atoms with Gasteiger partial charge in [0.1, 0.15) is 0 Å². The molecule has 0 saturated heterocycles. The molecular weight excluding hydrogens is 412 g/mol. The minimum atomic E-state index is -0.161. The van der Waals surface area contributed by atoms with E-state index in [1.54, 1.807) is 6.20 Å². The molecule has 138 valence electrons. The summed E-state index contributed by atoms with van der Waals surface area (Å²) in [6, 6.07) is 25.7. The number of nitrogens with one attached hydrogen (secondary N) is 1. The third-order valence-corrected chi connectivity index (χ3v) is 5.26. The molecule has 1 N–H and O–H groups in total. The molecule has 0 aliphatic carbocycles. The number of carbonyl (C=O) groups is 1. The Morgan fingerprint density at radius 2 is 1.71 bits per heavy atom. The minimum Gasteiger partial charge on any atom is -0.378 e. The van der Waals surface area contributed by atoms with Crippen molar-refractivity contribution in [1.82, 2.24) is 4.98 Å². The number of ketones is 1. The van der Waals surface area contributed by atoms with Crippen LogP contribution in [0.25, 0.3) is 10.8 Å². The Morgan fingerprint density at radius 3 is 2.46 bits per heavy atom. The quantitative estimate of drug-likeness (QED) is 0.358. The van der Waals surface area contributed by atoms with Crippen LogP contribution in [0.2, 0.25) is 0 Å². The first-order valence-corrected chi connectivity index (χ1v) is 9.92. The van der Waals surface area contributed by atoms with Gasteiger partial charge in [0.25, 0.3) is 0 Å². The van der Waals surface area contributed by atoms with Crippen LogP contribution < -0.4 is 5.32 Å². The summed E-state index contributed by atoms with van der Waals surface area (Å²) in [5.41, 5.74) is 2.68. The molecule has 28 heavy (non-hydrogen) atoms. The summed E-state index contributed by atoms with van der Waals surface area (Å²) in [5.74, 6) is 0.0923. The third kappa shape index (κ3) is 4.29. The Labute approximate surface area is 172 Å². The molecule has 0 saturated carbocycles. The smallest absolute Gasteiger partial charge is 0.165 e. The fourth-order valence-electron chi connectivity index (χ4n) is 3.25. The first kappa shape index (κ1) is 18.4. The Balaban J connectivity index is 1.61. The van der Waals surface area contributed by atoms with Gasteiger partial charge in [-0.1, -0.05) is 64.5 Å². The minimum absolute atomic E-state index is 0.0923. The van der Waals surface area contributed by atoms with Crippen LogP contribution in [0.4, 0.5) is 5.69 Å². The summed E-state index contributed by atoms with van der Waals surface area (Å²) in [4.78, 5) is 17.1. The number of Topliss-reactive ketones (excluding diaryl/α,β-unsaturated/α-hetero) is 1. The highest BCUT2D eigenvalue weighted by Gasteiger charge is 2.18. The lowest BCUT2D eigenvalue weighted by Crippen LogP contribution is -2.16. The monoisotopic (exact) mass is 430 g/mol. The molecule has 3 nitrogen and oxygen atoms in total. The molecule has 4 heteroatoms. The average Bonchev–Trinajstić information content (AvgIpc) is 2.74. The zero-order chi connectivity index (χ0) is 19.3. The number of aromatic nitrogens is 1. The number of hydrogen-bond donors (Lipinski definition) is 1. The second-order valence-electron chi connectivity index (χ2n) is 6.68. The second kappa shape index (κ2) is 8.36. The highest BCUT2D eigenvalue weighted by molar-refractivity contribution is 9.10. The van der Waals surface area contributed by atoms with E-state index in [4.69, 9.17) is 0 Å². The number of anilines is 1. The lowest BCUT2D eigenvalue weighted by molar-refractivity contribution is 0.0976. The Morgan fingerprint density at radius 1 is 0.929 bits per heavy atom. The Kier molecular flexibility index (Phi) is 5.49. The summed E-state index contributed by atoms with van der Waals surface area (Å²) in [6.45, 7) is 0. The molecule has 0 aliphatic rings. The Hall–Kier alpha value is -2.98. The van der Waals surface area contributed by atoms with Crippen molar-refractivity contribution in [2.75, 3.05) is 5.32 Å². The Bertz CT molecular complexity index is 1090. The molecule has 1 atom stereocenters. The zero-order valence-electron chi connectivity index (χ0n) is 15.2. The van der Waals surface area contributed by atoms with Gasteiger partial charge >= 0.3 is 0 Å². The highest BCUT2D eigenvalue weighted by Crippen LogP contribution is 2.27. The predicted octanol–water partition coefficient (Wildman–Crippen LogP) is 6.42. The van der Waals surface area contributed by atoms with Crippen LogP contribution in [0, 0.1) is 0 Å². The summed E-state index contributed by atoms with van der Waals surface area (Å²) in [6.07, 6.45) is 3.90. The van der Waals surface area contributed by atoms with Crippen LogP contribution >= 0.6 is 15.9 Å². The summed E-state index contributed by atoms with van der Waals surface area (Å²) < 4.78 is 0.960. The molecule has 4 aromatic rings. The third-order valence-electron chi connectivity index (χ3n) is 4.73. The van der Waals surface area contributed by atoms with Gasteiger partial charge in [-0.25, -0.2) is 0 Å². The maximum Gasteiger partial charge on any atom is 0.165 e. The van der Waals surface area contributed by atoms with Crippen molar-refractivity contribution in [3.05, 3.63) is 107 Å². The van der Waals surface area contributed by atoms with E-state index < -0.39 is 0 Å². The van der Waals surface area contributed by atoms with Crippen molar-refractivity contribution in [2.45, 2.75) is 12.5 Å². The van der Waals surface area contributed by atoms with Crippen molar-refractivity contribution in [1.29, 1.82) is 0 Å². The second-order valence-corrected chi connectivity index (χ2v) is 7.60. The molecule has 0 bridgehead atoms. The number of pyridine rings is 1. The molecule has 1 unspecified atom stereocenters. The van der Waals surface area contributed by atoms with E-state index in [1.807, 2.05) is 54.7 Å². The first-order chi connectivity index (χ1) is 13.7. The number of benzene rings is 3. The molecule has 4 rings (SSSR count). The van der Waals surface area contributed by atoms with Crippen LogP contribution in [0.5, 0.6) is 0 Å². The fourth-order valence-corrected chi connectivity index (χ4v) is 3.52. The topological polar surface area (TPSA) is 42.0 Å². The molecule has 1 aromatic heterocycles. The van der Waals surface area contributed by atoms with Gasteiger partial charge < -0.3 is 5.32 Å². The van der Waals surface area contributed by atoms with Crippen molar-refractivity contribution < 1.29 is 4.79 Å². The number of hydrogen-bond acceptors (Lipinski definition) is 3. The van der Waals surface area contributed by atoms with Crippen LogP contribution in [-0.2, 0) is 0 Å². The predicted molar refractivity (Wildman–Crippen MR) is 118 cm³/mol. The average molecular weight is 431 g/mol. The van der Waals surface area contributed by atoms with E-state index in [1.165, 1.54) is 5.39 Å². The number of halogens is 1. The maximum absolute atomic E-state index is 12.9. The summed E-state index contributed by atoms with van der Waals surface area (Å²) >= 11 is 3.41. The van der Waals surface area contributed by atoms with E-state index in [0.29, 0.717) is 12.0 Å². The van der Waals surface area contributed by atoms with E-state index in [2.05, 4.69) is 56.6 Å². The van der Waals surface area contributed by atoms with Crippen LogP contribution in [0.1, 0.15) is 28.4 Å². The molecule has 0 amide bonds. The molecule has 0 fully saturated rings. The van der Waals surface area contributed by atoms with Gasteiger partial charge in [0, 0.05) is 34.5 Å². The van der Waals surface area contributed by atoms with Crippen molar-refractivity contribution in [2.24, 2.45) is 0 Å². The van der Waals surface area contributed by atoms with E-state index >= 15 is 0 Å². The largest absolute Gasteiger partial charge is 0.378 e. The van der Waals surface area contributed by atoms with E-state index in [0.717, 1.165) is 21.1 Å².